The summed E-state index contributed by atoms with van der Waals surface area (Å²) < 4.78 is 7.57. The van der Waals surface area contributed by atoms with E-state index in [1.165, 1.54) is 17.0 Å². The van der Waals surface area contributed by atoms with Crippen molar-refractivity contribution in [3.05, 3.63) is 24.5 Å². The summed E-state index contributed by atoms with van der Waals surface area (Å²) >= 11 is 0. The van der Waals surface area contributed by atoms with E-state index in [0.29, 0.717) is 11.0 Å². The monoisotopic (exact) mass is 250 g/mol. The smallest absolute Gasteiger partial charge is 0.419 e. The van der Waals surface area contributed by atoms with Crippen LogP contribution in [0.15, 0.2) is 24.5 Å². The van der Waals surface area contributed by atoms with Gasteiger partial charge in [-0.1, -0.05) is 0 Å². The molecule has 2 rings (SSSR count). The highest BCUT2D eigenvalue weighted by molar-refractivity contribution is 5.92. The van der Waals surface area contributed by atoms with Crippen molar-refractivity contribution in [2.75, 3.05) is 0 Å². The molecule has 0 saturated heterocycles. The Kier molecular flexibility index (Phi) is 2.65. The van der Waals surface area contributed by atoms with Gasteiger partial charge in [-0.2, -0.15) is 0 Å². The molecular formula is C12H14N2O4. The van der Waals surface area contributed by atoms with Crippen molar-refractivity contribution in [1.29, 1.82) is 0 Å². The molecule has 0 unspecified atom stereocenters. The van der Waals surface area contributed by atoms with Crippen molar-refractivity contribution < 1.29 is 19.4 Å². The van der Waals surface area contributed by atoms with Gasteiger partial charge in [0.1, 0.15) is 5.60 Å². The summed E-state index contributed by atoms with van der Waals surface area (Å²) in [6, 6.07) is 3.13. The van der Waals surface area contributed by atoms with Crippen LogP contribution in [-0.2, 0) is 4.74 Å². The molecule has 0 fully saturated rings. The molecule has 0 aliphatic rings. The lowest BCUT2D eigenvalue weighted by Crippen LogP contribution is -2.26. The second-order valence-electron chi connectivity index (χ2n) is 4.90. The fraction of sp³-hybridized carbons (Fsp3) is 0.333. The van der Waals surface area contributed by atoms with E-state index in [2.05, 4.69) is 0 Å². The van der Waals surface area contributed by atoms with E-state index < -0.39 is 17.8 Å². The first-order valence-electron chi connectivity index (χ1n) is 5.44. The molecule has 18 heavy (non-hydrogen) atoms. The zero-order chi connectivity index (χ0) is 13.5. The maximum absolute atomic E-state index is 11.9. The molecule has 2 aromatic rings. The van der Waals surface area contributed by atoms with Crippen molar-refractivity contribution in [3.8, 4) is 0 Å². The van der Waals surface area contributed by atoms with Gasteiger partial charge < -0.3 is 9.84 Å². The van der Waals surface area contributed by atoms with Gasteiger partial charge in [0.2, 0.25) is 0 Å². The lowest BCUT2D eigenvalue weighted by Gasteiger charge is -2.19. The van der Waals surface area contributed by atoms with Crippen molar-refractivity contribution in [1.82, 2.24) is 9.13 Å². The Morgan fingerprint density at radius 3 is 2.11 bits per heavy atom. The molecule has 6 heteroatoms. The molecule has 0 aliphatic carbocycles. The first kappa shape index (κ1) is 12.2. The Bertz CT molecular complexity index is 616. The number of fused-ring (bicyclic) bond motifs is 1. The minimum absolute atomic E-state index is 0.452. The van der Waals surface area contributed by atoms with Crippen molar-refractivity contribution in [2.45, 2.75) is 26.4 Å². The van der Waals surface area contributed by atoms with Crippen LogP contribution in [0.1, 0.15) is 20.8 Å². The van der Waals surface area contributed by atoms with Gasteiger partial charge in [-0.15, -0.1) is 0 Å². The highest BCUT2D eigenvalue weighted by Crippen LogP contribution is 2.19. The number of carbonyl (C=O) groups excluding carboxylic acids is 1. The molecule has 2 aromatic heterocycles. The second-order valence-corrected chi connectivity index (χ2v) is 4.90. The van der Waals surface area contributed by atoms with Crippen LogP contribution in [0.3, 0.4) is 0 Å². The lowest BCUT2D eigenvalue weighted by atomic mass is 10.2. The van der Waals surface area contributed by atoms with E-state index in [1.807, 2.05) is 0 Å². The van der Waals surface area contributed by atoms with E-state index in [4.69, 9.17) is 9.84 Å². The minimum atomic E-state index is -1.09. The van der Waals surface area contributed by atoms with Gasteiger partial charge in [-0.3, -0.25) is 9.13 Å². The molecule has 1 N–H and O–H groups in total. The van der Waals surface area contributed by atoms with Crippen molar-refractivity contribution in [3.63, 3.8) is 0 Å². The Labute approximate surface area is 103 Å². The fourth-order valence-corrected chi connectivity index (χ4v) is 1.67. The van der Waals surface area contributed by atoms with E-state index in [0.717, 1.165) is 4.57 Å². The highest BCUT2D eigenvalue weighted by atomic mass is 16.6. The first-order valence-corrected chi connectivity index (χ1v) is 5.44. The van der Waals surface area contributed by atoms with Crippen molar-refractivity contribution >= 4 is 23.2 Å². The highest BCUT2D eigenvalue weighted by Gasteiger charge is 2.20. The summed E-state index contributed by atoms with van der Waals surface area (Å²) in [5.74, 6) is 0. The quantitative estimate of drug-likeness (QED) is 0.780. The summed E-state index contributed by atoms with van der Waals surface area (Å²) in [5, 5.41) is 8.94. The SMILES string of the molecule is CC(C)(C)OC(=O)n1ccc2c1ccn2C(=O)O. The third-order valence-corrected chi connectivity index (χ3v) is 2.34. The molecule has 2 heterocycles. The predicted octanol–water partition coefficient (Wildman–Crippen LogP) is 2.75. The van der Waals surface area contributed by atoms with Crippen LogP contribution in [0.2, 0.25) is 0 Å². The zero-order valence-electron chi connectivity index (χ0n) is 10.4. The first-order chi connectivity index (χ1) is 8.29. The maximum atomic E-state index is 11.9. The number of hydrogen-bond donors (Lipinski definition) is 1. The standard InChI is InChI=1S/C12H14N2O4/c1-12(2,3)18-11(17)14-7-5-8-9(14)4-6-13(8)10(15)16/h4-7H,1-3H3,(H,15,16). The molecule has 0 aromatic carbocycles. The maximum Gasteiger partial charge on any atom is 0.419 e. The van der Waals surface area contributed by atoms with Gasteiger partial charge in [0.25, 0.3) is 0 Å². The van der Waals surface area contributed by atoms with Crippen LogP contribution in [0.4, 0.5) is 9.59 Å². The van der Waals surface area contributed by atoms with Gasteiger partial charge in [0, 0.05) is 12.4 Å². The van der Waals surface area contributed by atoms with Gasteiger partial charge >= 0.3 is 12.2 Å². The van der Waals surface area contributed by atoms with Crippen LogP contribution in [0.25, 0.3) is 11.0 Å². The molecule has 96 valence electrons. The summed E-state index contributed by atoms with van der Waals surface area (Å²) in [4.78, 5) is 22.8. The molecule has 0 amide bonds. The number of carbonyl (C=O) groups is 2. The number of carboxylic acid groups (broad SMARTS) is 1. The summed E-state index contributed by atoms with van der Waals surface area (Å²) in [5.41, 5.74) is 0.364. The molecule has 0 radical (unpaired) electrons. The van der Waals surface area contributed by atoms with E-state index >= 15 is 0 Å². The number of nitrogens with zero attached hydrogens (tertiary/aromatic N) is 2. The number of rotatable bonds is 0. The van der Waals surface area contributed by atoms with E-state index in [9.17, 15) is 9.59 Å². The number of hydrogen-bond acceptors (Lipinski definition) is 3. The summed E-state index contributed by atoms with van der Waals surface area (Å²) in [6.45, 7) is 5.32. The largest absolute Gasteiger partial charge is 0.464 e. The Morgan fingerprint density at radius 2 is 1.61 bits per heavy atom. The van der Waals surface area contributed by atoms with Gasteiger partial charge in [0.15, 0.2) is 0 Å². The zero-order valence-corrected chi connectivity index (χ0v) is 10.4. The van der Waals surface area contributed by atoms with E-state index in [-0.39, 0.29) is 0 Å². The minimum Gasteiger partial charge on any atom is -0.464 e. The average molecular weight is 250 g/mol. The molecule has 0 spiro atoms. The molecule has 0 atom stereocenters. The molecular weight excluding hydrogens is 236 g/mol. The Balaban J connectivity index is 2.41. The van der Waals surface area contributed by atoms with Gasteiger partial charge in [0.05, 0.1) is 11.0 Å². The normalized spacial score (nSPS) is 11.7. The van der Waals surface area contributed by atoms with Crippen molar-refractivity contribution in [2.24, 2.45) is 0 Å². The van der Waals surface area contributed by atoms with Gasteiger partial charge in [-0.25, -0.2) is 9.59 Å². The molecule has 6 nitrogen and oxygen atoms in total. The lowest BCUT2D eigenvalue weighted by molar-refractivity contribution is 0.0544. The van der Waals surface area contributed by atoms with Crippen LogP contribution >= 0.6 is 0 Å². The fourth-order valence-electron chi connectivity index (χ4n) is 1.67. The molecule has 0 saturated carbocycles. The van der Waals surface area contributed by atoms with Crippen LogP contribution in [0, 0.1) is 0 Å². The van der Waals surface area contributed by atoms with Crippen LogP contribution < -0.4 is 0 Å². The topological polar surface area (TPSA) is 73.5 Å². The number of ether oxygens (including phenoxy) is 1. The van der Waals surface area contributed by atoms with E-state index in [1.54, 1.807) is 32.9 Å². The van der Waals surface area contributed by atoms with Gasteiger partial charge in [-0.05, 0) is 32.9 Å². The third-order valence-electron chi connectivity index (χ3n) is 2.34. The second kappa shape index (κ2) is 3.90. The summed E-state index contributed by atoms with van der Waals surface area (Å²) in [7, 11) is 0. The summed E-state index contributed by atoms with van der Waals surface area (Å²) in [6.07, 6.45) is 1.28. The molecule has 0 bridgehead atoms. The average Bonchev–Trinajstić information content (AvgIpc) is 2.71. The Morgan fingerprint density at radius 1 is 1.11 bits per heavy atom. The Hall–Kier alpha value is -2.24. The third kappa shape index (κ3) is 2.09. The van der Waals surface area contributed by atoms with Crippen LogP contribution in [0.5, 0.6) is 0 Å². The molecule has 0 aliphatic heterocycles. The van der Waals surface area contributed by atoms with Crippen LogP contribution in [-0.4, -0.2) is 32.0 Å². The predicted molar refractivity (Wildman–Crippen MR) is 65.0 cm³/mol. The number of aromatic nitrogens is 2.